The van der Waals surface area contributed by atoms with Gasteiger partial charge in [-0.15, -0.1) is 11.8 Å². The summed E-state index contributed by atoms with van der Waals surface area (Å²) in [5, 5.41) is 7.97. The molecule has 1 fully saturated rings. The van der Waals surface area contributed by atoms with Crippen LogP contribution in [0.2, 0.25) is 5.02 Å². The van der Waals surface area contributed by atoms with Crippen molar-refractivity contribution in [1.29, 1.82) is 0 Å². The highest BCUT2D eigenvalue weighted by Gasteiger charge is 2.31. The van der Waals surface area contributed by atoms with Crippen LogP contribution in [-0.2, 0) is 6.42 Å². The fourth-order valence-electron chi connectivity index (χ4n) is 3.83. The summed E-state index contributed by atoms with van der Waals surface area (Å²) in [6.45, 7) is 1.92. The van der Waals surface area contributed by atoms with E-state index in [1.54, 1.807) is 29.2 Å². The smallest absolute Gasteiger partial charge is 0.257 e. The first-order chi connectivity index (χ1) is 14.0. The molecule has 2 aromatic heterocycles. The highest BCUT2D eigenvalue weighted by Crippen LogP contribution is 2.45. The Morgan fingerprint density at radius 3 is 2.79 bits per heavy atom. The molecule has 3 aromatic rings. The van der Waals surface area contributed by atoms with E-state index in [-0.39, 0.29) is 28.2 Å². The van der Waals surface area contributed by atoms with Gasteiger partial charge in [0.2, 0.25) is 0 Å². The highest BCUT2D eigenvalue weighted by atomic mass is 35.5. The normalized spacial score (nSPS) is 17.9. The predicted octanol–water partition coefficient (Wildman–Crippen LogP) is 5.14. The Morgan fingerprint density at radius 2 is 2.07 bits per heavy atom. The molecule has 148 valence electrons. The lowest BCUT2D eigenvalue weighted by Gasteiger charge is -2.20. The number of hydrogen-bond donors (Lipinski definition) is 1. The van der Waals surface area contributed by atoms with Gasteiger partial charge < -0.3 is 9.88 Å². The van der Waals surface area contributed by atoms with Gasteiger partial charge >= 0.3 is 0 Å². The number of fused-ring (bicyclic) bond motifs is 3. The van der Waals surface area contributed by atoms with Crippen molar-refractivity contribution in [2.24, 2.45) is 0 Å². The number of carbonyl (C=O) groups excluding carboxylic acids is 1. The van der Waals surface area contributed by atoms with Gasteiger partial charge in [-0.1, -0.05) is 11.6 Å². The molecule has 3 heterocycles. The Morgan fingerprint density at radius 1 is 1.24 bits per heavy atom. The first kappa shape index (κ1) is 19.0. The second-order valence-corrected chi connectivity index (χ2v) is 10.00. The molecule has 1 aliphatic carbocycles. The number of benzene rings is 1. The van der Waals surface area contributed by atoms with Crippen molar-refractivity contribution >= 4 is 40.6 Å². The molecule has 0 spiro atoms. The van der Waals surface area contributed by atoms with Crippen molar-refractivity contribution in [3.63, 3.8) is 0 Å². The molecule has 4 nitrogen and oxygen atoms in total. The summed E-state index contributed by atoms with van der Waals surface area (Å²) in [6.07, 6.45) is 2.56. The maximum absolute atomic E-state index is 13.0. The lowest BCUT2D eigenvalue weighted by molar-refractivity contribution is 0.0948. The Kier molecular flexibility index (Phi) is 4.81. The monoisotopic (exact) mass is 442 g/mol. The van der Waals surface area contributed by atoms with Crippen molar-refractivity contribution in [1.82, 2.24) is 9.88 Å². The van der Waals surface area contributed by atoms with E-state index in [1.807, 2.05) is 25.1 Å². The zero-order chi connectivity index (χ0) is 20.1. The van der Waals surface area contributed by atoms with E-state index >= 15 is 0 Å². The third kappa shape index (κ3) is 3.54. The highest BCUT2D eigenvalue weighted by molar-refractivity contribution is 7.99. The zero-order valence-corrected chi connectivity index (χ0v) is 18.2. The lowest BCUT2D eigenvalue weighted by Crippen LogP contribution is -2.33. The van der Waals surface area contributed by atoms with Gasteiger partial charge in [0, 0.05) is 45.1 Å². The average molecular weight is 443 g/mol. The van der Waals surface area contributed by atoms with E-state index in [4.69, 9.17) is 11.6 Å². The van der Waals surface area contributed by atoms with Crippen molar-refractivity contribution < 1.29 is 4.79 Å². The van der Waals surface area contributed by atoms with Crippen LogP contribution in [0.4, 0.5) is 0 Å². The van der Waals surface area contributed by atoms with Crippen molar-refractivity contribution in [2.75, 3.05) is 0 Å². The van der Waals surface area contributed by atoms with Crippen LogP contribution in [-0.4, -0.2) is 16.5 Å². The molecule has 1 atom stereocenters. The van der Waals surface area contributed by atoms with Crippen LogP contribution in [0.5, 0.6) is 0 Å². The fourth-order valence-corrected chi connectivity index (χ4v) is 6.17. The van der Waals surface area contributed by atoms with E-state index < -0.39 is 0 Å². The number of nitrogens with zero attached hydrogens (tertiary/aromatic N) is 1. The van der Waals surface area contributed by atoms with Crippen molar-refractivity contribution in [3.8, 4) is 5.69 Å². The van der Waals surface area contributed by atoms with Crippen molar-refractivity contribution in [2.45, 2.75) is 42.4 Å². The molecule has 1 saturated carbocycles. The van der Waals surface area contributed by atoms with E-state index in [0.29, 0.717) is 11.4 Å². The largest absolute Gasteiger partial charge is 0.349 e. The lowest BCUT2D eigenvalue weighted by atomic mass is 10.0. The van der Waals surface area contributed by atoms with E-state index in [1.165, 1.54) is 5.56 Å². The van der Waals surface area contributed by atoms with Crippen LogP contribution in [0.25, 0.3) is 5.69 Å². The molecular weight excluding hydrogens is 424 g/mol. The number of carbonyl (C=O) groups is 1. The number of aryl methyl sites for hydroxylation is 1. The summed E-state index contributed by atoms with van der Waals surface area (Å²) < 4.78 is 2.06. The Balaban J connectivity index is 1.75. The molecular formula is C22H19ClN2O2S2. The second kappa shape index (κ2) is 7.35. The van der Waals surface area contributed by atoms with Gasteiger partial charge in [0.05, 0.1) is 5.69 Å². The van der Waals surface area contributed by atoms with Crippen molar-refractivity contribution in [3.05, 3.63) is 78.9 Å². The summed E-state index contributed by atoms with van der Waals surface area (Å²) in [5.74, 6) is -0.257. The molecule has 7 heteroatoms. The van der Waals surface area contributed by atoms with Gasteiger partial charge in [-0.05, 0) is 60.4 Å². The van der Waals surface area contributed by atoms with E-state index in [0.717, 1.165) is 34.8 Å². The van der Waals surface area contributed by atoms with Crippen LogP contribution >= 0.6 is 34.7 Å². The second-order valence-electron chi connectivity index (χ2n) is 7.53. The first-order valence-electron chi connectivity index (χ1n) is 9.56. The summed E-state index contributed by atoms with van der Waals surface area (Å²) in [5.41, 5.74) is 3.82. The summed E-state index contributed by atoms with van der Waals surface area (Å²) in [6, 6.07) is 9.68. The molecule has 0 bridgehead atoms. The molecule has 1 amide bonds. The Hall–Kier alpha value is -2.02. The number of thioether (sulfide) groups is 1. The van der Waals surface area contributed by atoms with E-state index in [9.17, 15) is 9.59 Å². The van der Waals surface area contributed by atoms with Gasteiger partial charge in [0.25, 0.3) is 5.91 Å². The van der Waals surface area contributed by atoms with Crippen LogP contribution in [0.15, 0.2) is 50.8 Å². The van der Waals surface area contributed by atoms with Gasteiger partial charge in [-0.25, -0.2) is 0 Å². The maximum atomic E-state index is 13.0. The van der Waals surface area contributed by atoms with Crippen LogP contribution in [0.1, 0.15) is 45.4 Å². The molecule has 0 radical (unpaired) electrons. The van der Waals surface area contributed by atoms with Gasteiger partial charge in [0.1, 0.15) is 5.56 Å². The number of aromatic nitrogens is 1. The number of thiophene rings is 1. The SMILES string of the molecule is Cc1cc(=O)c(C(=O)NC2CC2)c2n1-c1ccc(Cl)cc1S[C@@H](c1ccsc1)C2. The minimum atomic E-state index is -0.257. The Bertz CT molecular complexity index is 1170. The number of hydrogen-bond acceptors (Lipinski definition) is 4. The van der Waals surface area contributed by atoms with Crippen LogP contribution in [0, 0.1) is 6.92 Å². The summed E-state index contributed by atoms with van der Waals surface area (Å²) >= 11 is 9.69. The molecule has 5 rings (SSSR count). The number of amides is 1. The summed E-state index contributed by atoms with van der Waals surface area (Å²) in [7, 11) is 0. The van der Waals surface area contributed by atoms with Gasteiger partial charge in [-0.2, -0.15) is 11.3 Å². The predicted molar refractivity (Wildman–Crippen MR) is 119 cm³/mol. The molecule has 2 aliphatic rings. The molecule has 29 heavy (non-hydrogen) atoms. The number of pyridine rings is 1. The Labute approximate surface area is 181 Å². The molecule has 0 saturated heterocycles. The maximum Gasteiger partial charge on any atom is 0.257 e. The third-order valence-corrected chi connectivity index (χ3v) is 7.60. The topological polar surface area (TPSA) is 51.1 Å². The van der Waals surface area contributed by atoms with Gasteiger partial charge in [-0.3, -0.25) is 9.59 Å². The third-order valence-electron chi connectivity index (χ3n) is 5.36. The number of nitrogens with one attached hydrogen (secondary N) is 1. The molecule has 1 aromatic carbocycles. The minimum absolute atomic E-state index is 0.0980. The zero-order valence-electron chi connectivity index (χ0n) is 15.8. The van der Waals surface area contributed by atoms with Crippen LogP contribution < -0.4 is 10.7 Å². The number of rotatable bonds is 3. The van der Waals surface area contributed by atoms with E-state index in [2.05, 4.69) is 26.7 Å². The molecule has 0 unspecified atom stereocenters. The number of halogens is 1. The van der Waals surface area contributed by atoms with Gasteiger partial charge in [0.15, 0.2) is 5.43 Å². The standard InChI is InChI=1S/C22H19ClN2O2S2/c1-12-8-18(26)21(22(27)24-15-3-4-15)17-10-19(13-6-7-28-11-13)29-20-9-14(23)2-5-16(20)25(12)17/h2,5-9,11,15,19H,3-4,10H2,1H3,(H,24,27)/t19-/m1/s1. The first-order valence-corrected chi connectivity index (χ1v) is 11.8. The quantitative estimate of drug-likeness (QED) is 0.610. The fraction of sp³-hybridized carbons (Fsp3) is 0.273. The minimum Gasteiger partial charge on any atom is -0.349 e. The summed E-state index contributed by atoms with van der Waals surface area (Å²) in [4.78, 5) is 27.0. The van der Waals surface area contributed by atoms with Crippen LogP contribution in [0.3, 0.4) is 0 Å². The molecule has 1 aliphatic heterocycles. The average Bonchev–Trinajstić information content (AvgIpc) is 3.34. The molecule has 1 N–H and O–H groups in total.